The first-order valence-electron chi connectivity index (χ1n) is 6.66. The first-order chi connectivity index (χ1) is 9.34. The van der Waals surface area contributed by atoms with Crippen molar-refractivity contribution in [3.63, 3.8) is 0 Å². The number of hydrogen-bond donors (Lipinski definition) is 0. The third-order valence-electron chi connectivity index (χ3n) is 3.84. The average Bonchev–Trinajstić information content (AvgIpc) is 2.78. The lowest BCUT2D eigenvalue weighted by Crippen LogP contribution is -2.32. The first-order valence-corrected chi connectivity index (χ1v) is 7.04. The summed E-state index contributed by atoms with van der Waals surface area (Å²) in [7, 11) is 0. The van der Waals surface area contributed by atoms with E-state index in [1.165, 1.54) is 10.9 Å². The van der Waals surface area contributed by atoms with E-state index in [1.54, 1.807) is 6.92 Å². The molecule has 1 aliphatic rings. The molecule has 0 aliphatic heterocycles. The van der Waals surface area contributed by atoms with E-state index in [4.69, 9.17) is 11.6 Å². The van der Waals surface area contributed by atoms with Gasteiger partial charge in [0.25, 0.3) is 0 Å². The minimum absolute atomic E-state index is 0.105. The van der Waals surface area contributed by atoms with Gasteiger partial charge in [0.1, 0.15) is 5.69 Å². The fourth-order valence-electron chi connectivity index (χ4n) is 2.77. The Kier molecular flexibility index (Phi) is 4.42. The molecule has 7 heteroatoms. The molecule has 0 N–H and O–H groups in total. The smallest absolute Gasteiger partial charge is 0.292 e. The number of Topliss-reactive ketones (excluding diaryl/α,β-unsaturated/α-hetero) is 1. The minimum atomic E-state index is -4.23. The number of halogens is 4. The van der Waals surface area contributed by atoms with Crippen LogP contribution >= 0.6 is 11.6 Å². The van der Waals surface area contributed by atoms with Crippen molar-refractivity contribution in [2.24, 2.45) is 11.8 Å². The van der Waals surface area contributed by atoms with Gasteiger partial charge in [0, 0.05) is 12.5 Å². The van der Waals surface area contributed by atoms with E-state index >= 15 is 0 Å². The first kappa shape index (κ1) is 15.4. The molecule has 3 nitrogen and oxygen atoms in total. The van der Waals surface area contributed by atoms with E-state index in [2.05, 4.69) is 5.10 Å². The highest BCUT2D eigenvalue weighted by atomic mass is 35.5. The third-order valence-corrected chi connectivity index (χ3v) is 4.11. The Morgan fingerprint density at radius 3 is 2.80 bits per heavy atom. The Hall–Kier alpha value is -1.04. The average molecular weight is 309 g/mol. The highest BCUT2D eigenvalue weighted by molar-refractivity contribution is 6.33. The predicted molar refractivity (Wildman–Crippen MR) is 68.7 cm³/mol. The summed E-state index contributed by atoms with van der Waals surface area (Å²) in [5.41, 5.74) is 0.238. The molecule has 2 rings (SSSR count). The van der Waals surface area contributed by atoms with Gasteiger partial charge in [-0.15, -0.1) is 0 Å². The van der Waals surface area contributed by atoms with E-state index in [0.29, 0.717) is 19.4 Å². The minimum Gasteiger partial charge on any atom is -0.292 e. The summed E-state index contributed by atoms with van der Waals surface area (Å²) in [4.78, 5) is 12.4. The summed E-state index contributed by atoms with van der Waals surface area (Å²) < 4.78 is 39.8. The van der Waals surface area contributed by atoms with Crippen molar-refractivity contribution >= 4 is 17.4 Å². The summed E-state index contributed by atoms with van der Waals surface area (Å²) in [5.74, 6) is -2.32. The molecule has 0 bridgehead atoms. The van der Waals surface area contributed by atoms with Crippen molar-refractivity contribution < 1.29 is 18.0 Å². The Morgan fingerprint density at radius 2 is 2.20 bits per heavy atom. The van der Waals surface area contributed by atoms with Crippen LogP contribution in [0.2, 0.25) is 5.02 Å². The van der Waals surface area contributed by atoms with E-state index in [9.17, 15) is 18.0 Å². The van der Waals surface area contributed by atoms with Crippen molar-refractivity contribution in [2.45, 2.75) is 45.3 Å². The molecule has 20 heavy (non-hydrogen) atoms. The summed E-state index contributed by atoms with van der Waals surface area (Å²) in [5, 5.41) is 4.17. The second kappa shape index (κ2) is 5.76. The zero-order valence-electron chi connectivity index (χ0n) is 11.1. The maximum Gasteiger partial charge on any atom is 0.391 e. The number of carbonyl (C=O) groups is 1. The number of aryl methyl sites for hydroxylation is 1. The monoisotopic (exact) mass is 308 g/mol. The zero-order chi connectivity index (χ0) is 14.9. The highest BCUT2D eigenvalue weighted by Crippen LogP contribution is 2.41. The molecule has 1 fully saturated rings. The maximum absolute atomic E-state index is 12.8. The van der Waals surface area contributed by atoms with Gasteiger partial charge >= 0.3 is 6.18 Å². The van der Waals surface area contributed by atoms with Gasteiger partial charge in [-0.3, -0.25) is 9.48 Å². The predicted octanol–water partition coefficient (Wildman–Crippen LogP) is 4.11. The molecule has 1 saturated carbocycles. The molecular weight excluding hydrogens is 293 g/mol. The number of ketones is 1. The summed E-state index contributed by atoms with van der Waals surface area (Å²) >= 11 is 5.94. The second-order valence-electron chi connectivity index (χ2n) is 5.12. The van der Waals surface area contributed by atoms with Crippen LogP contribution in [-0.2, 0) is 6.54 Å². The van der Waals surface area contributed by atoms with Crippen LogP contribution in [0.15, 0.2) is 6.20 Å². The summed E-state index contributed by atoms with van der Waals surface area (Å²) in [6, 6.07) is 0. The molecule has 2 atom stereocenters. The summed E-state index contributed by atoms with van der Waals surface area (Å²) in [6.07, 6.45) is -2.01. The normalized spacial score (nSPS) is 23.9. The second-order valence-corrected chi connectivity index (χ2v) is 5.53. The van der Waals surface area contributed by atoms with Crippen molar-refractivity contribution in [1.29, 1.82) is 0 Å². The van der Waals surface area contributed by atoms with Crippen LogP contribution in [0.1, 0.15) is 43.1 Å². The van der Waals surface area contributed by atoms with Gasteiger partial charge in [-0.2, -0.15) is 18.3 Å². The summed E-state index contributed by atoms with van der Waals surface area (Å²) in [6.45, 7) is 2.27. The van der Waals surface area contributed by atoms with Crippen molar-refractivity contribution in [3.8, 4) is 0 Å². The molecule has 112 valence electrons. The Labute approximate surface area is 120 Å². The number of hydrogen-bond acceptors (Lipinski definition) is 2. The number of carbonyl (C=O) groups excluding carboxylic acids is 1. The third kappa shape index (κ3) is 3.00. The Bertz CT molecular complexity index is 498. The highest BCUT2D eigenvalue weighted by Gasteiger charge is 2.44. The van der Waals surface area contributed by atoms with E-state index in [-0.39, 0.29) is 29.3 Å². The van der Waals surface area contributed by atoms with Gasteiger partial charge in [0.05, 0.1) is 17.1 Å². The quantitative estimate of drug-likeness (QED) is 0.788. The fourth-order valence-corrected chi connectivity index (χ4v) is 3.00. The zero-order valence-corrected chi connectivity index (χ0v) is 11.8. The molecule has 1 aliphatic carbocycles. The standard InChI is InChI=1S/C13H16ClF3N2O/c1-2-19-11(10(14)7-18-19)12(20)8-4-3-5-9(6-8)13(15,16)17/h7-9H,2-6H2,1H3. The topological polar surface area (TPSA) is 34.9 Å². The Morgan fingerprint density at radius 1 is 1.50 bits per heavy atom. The number of alkyl halides is 3. The van der Waals surface area contributed by atoms with Gasteiger partial charge in [0.15, 0.2) is 5.78 Å². The van der Waals surface area contributed by atoms with Crippen LogP contribution in [0.4, 0.5) is 13.2 Å². The lowest BCUT2D eigenvalue weighted by atomic mass is 9.78. The van der Waals surface area contributed by atoms with Crippen molar-refractivity contribution in [3.05, 3.63) is 16.9 Å². The van der Waals surface area contributed by atoms with Gasteiger partial charge in [0.2, 0.25) is 0 Å². The van der Waals surface area contributed by atoms with Gasteiger partial charge in [-0.05, 0) is 26.2 Å². The molecule has 0 radical (unpaired) electrons. The molecule has 0 aromatic carbocycles. The van der Waals surface area contributed by atoms with E-state index in [0.717, 1.165) is 0 Å². The van der Waals surface area contributed by atoms with Crippen LogP contribution in [-0.4, -0.2) is 21.7 Å². The van der Waals surface area contributed by atoms with Gasteiger partial charge in [-0.25, -0.2) is 0 Å². The maximum atomic E-state index is 12.8. The molecule has 2 unspecified atom stereocenters. The molecule has 0 amide bonds. The molecule has 1 heterocycles. The lowest BCUT2D eigenvalue weighted by Gasteiger charge is -2.29. The lowest BCUT2D eigenvalue weighted by molar-refractivity contribution is -0.184. The molecule has 0 spiro atoms. The largest absolute Gasteiger partial charge is 0.391 e. The van der Waals surface area contributed by atoms with Crippen LogP contribution in [0, 0.1) is 11.8 Å². The molecule has 1 aromatic heterocycles. The number of rotatable bonds is 3. The van der Waals surface area contributed by atoms with Gasteiger partial charge in [-0.1, -0.05) is 18.0 Å². The van der Waals surface area contributed by atoms with Crippen molar-refractivity contribution in [2.75, 3.05) is 0 Å². The Balaban J connectivity index is 2.19. The van der Waals surface area contributed by atoms with Crippen LogP contribution in [0.3, 0.4) is 0 Å². The van der Waals surface area contributed by atoms with E-state index < -0.39 is 18.0 Å². The van der Waals surface area contributed by atoms with Crippen LogP contribution < -0.4 is 0 Å². The van der Waals surface area contributed by atoms with Crippen LogP contribution in [0.25, 0.3) is 0 Å². The number of aromatic nitrogens is 2. The fraction of sp³-hybridized carbons (Fsp3) is 0.692. The van der Waals surface area contributed by atoms with E-state index in [1.807, 2.05) is 0 Å². The number of nitrogens with zero attached hydrogens (tertiary/aromatic N) is 2. The van der Waals surface area contributed by atoms with Gasteiger partial charge < -0.3 is 0 Å². The molecular formula is C13H16ClF3N2O. The SMILES string of the molecule is CCn1ncc(Cl)c1C(=O)C1CCCC(C(F)(F)F)C1. The molecule has 1 aromatic rings. The van der Waals surface area contributed by atoms with Crippen molar-refractivity contribution in [1.82, 2.24) is 9.78 Å². The van der Waals surface area contributed by atoms with Crippen LogP contribution in [0.5, 0.6) is 0 Å². The molecule has 0 saturated heterocycles.